The van der Waals surface area contributed by atoms with Crippen LogP contribution in [0.3, 0.4) is 0 Å². The lowest BCUT2D eigenvalue weighted by Crippen LogP contribution is -2.06. The van der Waals surface area contributed by atoms with Gasteiger partial charge in [0.2, 0.25) is 0 Å². The third-order valence-corrected chi connectivity index (χ3v) is 2.04. The lowest BCUT2D eigenvalue weighted by Gasteiger charge is -1.94. The molecule has 2 rings (SSSR count). The molecule has 1 aromatic carbocycles. The van der Waals surface area contributed by atoms with E-state index < -0.39 is 5.97 Å². The molecule has 0 saturated carbocycles. The molecule has 0 bridgehead atoms. The number of rotatable bonds is 1. The van der Waals surface area contributed by atoms with Crippen LogP contribution in [0, 0.1) is 0 Å². The number of carbonyl (C=O) groups is 1. The second kappa shape index (κ2) is 5.47. The first-order chi connectivity index (χ1) is 7.50. The molecule has 0 spiro atoms. The molecule has 0 heterocycles. The summed E-state index contributed by atoms with van der Waals surface area (Å²) in [5.74, 6) is -0.814. The Kier molecular flexibility index (Phi) is 4.26. The van der Waals surface area contributed by atoms with Crippen molar-refractivity contribution in [3.8, 4) is 0 Å². The molecule has 0 aromatic heterocycles. The van der Waals surface area contributed by atoms with Crippen LogP contribution < -0.4 is 5.73 Å². The van der Waals surface area contributed by atoms with Gasteiger partial charge in [-0.05, 0) is 23.2 Å². The minimum absolute atomic E-state index is 0.333. The average Bonchev–Trinajstić information content (AvgIpc) is 2.59. The average molecular weight is 219 g/mol. The summed E-state index contributed by atoms with van der Waals surface area (Å²) in [5, 5.41) is 8.72. The van der Waals surface area contributed by atoms with E-state index in [1.54, 1.807) is 6.08 Å². The molecule has 3 nitrogen and oxygen atoms in total. The minimum atomic E-state index is -0.814. The monoisotopic (exact) mass is 219 g/mol. The molecular weight excluding hydrogens is 202 g/mol. The Labute approximate surface area is 95.6 Å². The molecule has 3 heteroatoms. The van der Waals surface area contributed by atoms with Gasteiger partial charge in [-0.2, -0.15) is 0 Å². The van der Waals surface area contributed by atoms with Crippen molar-refractivity contribution < 1.29 is 9.90 Å². The zero-order valence-corrected chi connectivity index (χ0v) is 9.60. The van der Waals surface area contributed by atoms with E-state index in [1.807, 2.05) is 38.1 Å². The minimum Gasteiger partial charge on any atom is -0.478 e. The van der Waals surface area contributed by atoms with E-state index in [1.165, 1.54) is 0 Å². The standard InChI is InChI=1S/C10H8O2.C3H9N/c11-10(12)9-5-7-3-1-2-4-8(7)6-9;1-3(2)4/h1-5H,6H2,(H,11,12);3H,4H2,1-2H3. The highest BCUT2D eigenvalue weighted by Gasteiger charge is 2.16. The fourth-order valence-electron chi connectivity index (χ4n) is 1.42. The molecule has 16 heavy (non-hydrogen) atoms. The summed E-state index contributed by atoms with van der Waals surface area (Å²) in [4.78, 5) is 10.6. The predicted molar refractivity (Wildman–Crippen MR) is 65.1 cm³/mol. The van der Waals surface area contributed by atoms with Gasteiger partial charge in [-0.25, -0.2) is 4.79 Å². The first-order valence-electron chi connectivity index (χ1n) is 5.28. The lowest BCUT2D eigenvalue weighted by molar-refractivity contribution is -0.132. The topological polar surface area (TPSA) is 63.3 Å². The van der Waals surface area contributed by atoms with Crippen LogP contribution in [0.4, 0.5) is 0 Å². The Morgan fingerprint density at radius 2 is 1.94 bits per heavy atom. The molecule has 86 valence electrons. The maximum absolute atomic E-state index is 10.6. The molecule has 0 aliphatic heterocycles. The maximum atomic E-state index is 10.6. The van der Waals surface area contributed by atoms with Crippen LogP contribution in [0.1, 0.15) is 25.0 Å². The van der Waals surface area contributed by atoms with Gasteiger partial charge in [-0.15, -0.1) is 0 Å². The third-order valence-electron chi connectivity index (χ3n) is 2.04. The molecule has 1 aliphatic carbocycles. The second-order valence-corrected chi connectivity index (χ2v) is 4.09. The van der Waals surface area contributed by atoms with Crippen LogP contribution in [-0.4, -0.2) is 17.1 Å². The van der Waals surface area contributed by atoms with E-state index in [0.29, 0.717) is 18.0 Å². The van der Waals surface area contributed by atoms with Gasteiger partial charge in [0, 0.05) is 12.0 Å². The summed E-state index contributed by atoms with van der Waals surface area (Å²) in [7, 11) is 0. The van der Waals surface area contributed by atoms with E-state index in [0.717, 1.165) is 11.1 Å². The summed E-state index contributed by atoms with van der Waals surface area (Å²) in [5.41, 5.74) is 7.74. The van der Waals surface area contributed by atoms with Gasteiger partial charge in [0.1, 0.15) is 0 Å². The number of fused-ring (bicyclic) bond motifs is 1. The van der Waals surface area contributed by atoms with E-state index in [2.05, 4.69) is 0 Å². The van der Waals surface area contributed by atoms with Crippen LogP contribution in [-0.2, 0) is 11.2 Å². The molecule has 0 atom stereocenters. The van der Waals surface area contributed by atoms with E-state index in [4.69, 9.17) is 10.8 Å². The van der Waals surface area contributed by atoms with E-state index >= 15 is 0 Å². The van der Waals surface area contributed by atoms with Crippen molar-refractivity contribution in [3.05, 3.63) is 41.0 Å². The van der Waals surface area contributed by atoms with Crippen molar-refractivity contribution in [1.82, 2.24) is 0 Å². The summed E-state index contributed by atoms with van der Waals surface area (Å²) in [6.45, 7) is 3.89. The summed E-state index contributed by atoms with van der Waals surface area (Å²) < 4.78 is 0. The Morgan fingerprint density at radius 3 is 2.44 bits per heavy atom. The number of hydrogen-bond acceptors (Lipinski definition) is 2. The van der Waals surface area contributed by atoms with Crippen LogP contribution in [0.15, 0.2) is 29.8 Å². The summed E-state index contributed by atoms with van der Waals surface area (Å²) >= 11 is 0. The number of carboxylic acids is 1. The second-order valence-electron chi connectivity index (χ2n) is 4.09. The highest BCUT2D eigenvalue weighted by molar-refractivity contribution is 5.95. The molecule has 1 aliphatic rings. The van der Waals surface area contributed by atoms with Crippen LogP contribution in [0.2, 0.25) is 0 Å². The van der Waals surface area contributed by atoms with Crippen molar-refractivity contribution in [2.24, 2.45) is 5.73 Å². The summed E-state index contributed by atoms with van der Waals surface area (Å²) in [6.07, 6.45) is 2.29. The summed E-state index contributed by atoms with van der Waals surface area (Å²) in [6, 6.07) is 8.07. The molecule has 0 unspecified atom stereocenters. The largest absolute Gasteiger partial charge is 0.478 e. The number of carboxylic acid groups (broad SMARTS) is 1. The van der Waals surface area contributed by atoms with Crippen molar-refractivity contribution in [2.75, 3.05) is 0 Å². The molecule has 3 N–H and O–H groups in total. The highest BCUT2D eigenvalue weighted by atomic mass is 16.4. The number of benzene rings is 1. The predicted octanol–water partition coefficient (Wildman–Crippen LogP) is 2.06. The Morgan fingerprint density at radius 1 is 1.38 bits per heavy atom. The smallest absolute Gasteiger partial charge is 0.331 e. The molecule has 0 saturated heterocycles. The highest BCUT2D eigenvalue weighted by Crippen LogP contribution is 2.24. The van der Waals surface area contributed by atoms with Gasteiger partial charge in [0.25, 0.3) is 0 Å². The quantitative estimate of drug-likeness (QED) is 0.760. The van der Waals surface area contributed by atoms with Crippen molar-refractivity contribution in [3.63, 3.8) is 0 Å². The Balaban J connectivity index is 0.000000280. The molecule has 0 fully saturated rings. The van der Waals surface area contributed by atoms with Crippen LogP contribution in [0.5, 0.6) is 0 Å². The van der Waals surface area contributed by atoms with Gasteiger partial charge in [0.05, 0.1) is 0 Å². The van der Waals surface area contributed by atoms with Crippen LogP contribution >= 0.6 is 0 Å². The zero-order valence-electron chi connectivity index (χ0n) is 9.60. The Bertz CT molecular complexity index is 405. The zero-order chi connectivity index (χ0) is 12.1. The maximum Gasteiger partial charge on any atom is 0.331 e. The lowest BCUT2D eigenvalue weighted by atomic mass is 10.1. The fraction of sp³-hybridized carbons (Fsp3) is 0.308. The SMILES string of the molecule is CC(C)N.O=C(O)C1=Cc2ccccc2C1. The van der Waals surface area contributed by atoms with Gasteiger partial charge in [0.15, 0.2) is 0 Å². The van der Waals surface area contributed by atoms with Gasteiger partial charge in [-0.3, -0.25) is 0 Å². The fourth-order valence-corrected chi connectivity index (χ4v) is 1.42. The number of nitrogens with two attached hydrogens (primary N) is 1. The normalized spacial score (nSPS) is 12.6. The van der Waals surface area contributed by atoms with E-state index in [-0.39, 0.29) is 0 Å². The van der Waals surface area contributed by atoms with Crippen molar-refractivity contribution in [2.45, 2.75) is 26.3 Å². The van der Waals surface area contributed by atoms with Crippen molar-refractivity contribution >= 4 is 12.0 Å². The number of hydrogen-bond donors (Lipinski definition) is 2. The molecule has 1 aromatic rings. The Hall–Kier alpha value is -1.61. The first kappa shape index (κ1) is 12.5. The van der Waals surface area contributed by atoms with Crippen molar-refractivity contribution in [1.29, 1.82) is 0 Å². The number of aliphatic carboxylic acids is 1. The molecule has 0 amide bonds. The molecular formula is C13H17NO2. The van der Waals surface area contributed by atoms with Gasteiger partial charge < -0.3 is 10.8 Å². The molecule has 0 radical (unpaired) electrons. The van der Waals surface area contributed by atoms with E-state index in [9.17, 15) is 4.79 Å². The van der Waals surface area contributed by atoms with Gasteiger partial charge >= 0.3 is 5.97 Å². The van der Waals surface area contributed by atoms with Crippen LogP contribution in [0.25, 0.3) is 6.08 Å². The third kappa shape index (κ3) is 3.51. The first-order valence-corrected chi connectivity index (χ1v) is 5.28. The van der Waals surface area contributed by atoms with Gasteiger partial charge in [-0.1, -0.05) is 38.1 Å².